The largest absolute Gasteiger partial charge is 0.340 e. The summed E-state index contributed by atoms with van der Waals surface area (Å²) in [5.41, 5.74) is 10.7. The van der Waals surface area contributed by atoms with Crippen molar-refractivity contribution >= 4 is 5.91 Å². The Bertz CT molecular complexity index is 220. The number of likely N-dealkylation sites (tertiary alicyclic amines) is 1. The number of amides is 1. The van der Waals surface area contributed by atoms with Gasteiger partial charge in [-0.1, -0.05) is 0 Å². The summed E-state index contributed by atoms with van der Waals surface area (Å²) in [5, 5.41) is 2.93. The Morgan fingerprint density at radius 2 is 2.25 bits per heavy atom. The van der Waals surface area contributed by atoms with Crippen LogP contribution in [-0.4, -0.2) is 36.2 Å². The van der Waals surface area contributed by atoms with E-state index in [1.54, 1.807) is 0 Å². The van der Waals surface area contributed by atoms with E-state index in [1.165, 1.54) is 0 Å². The van der Waals surface area contributed by atoms with Crippen LogP contribution in [0, 0.1) is 0 Å². The zero-order valence-electron chi connectivity index (χ0n) is 10.1. The highest BCUT2D eigenvalue weighted by Gasteiger charge is 2.24. The first-order valence-corrected chi connectivity index (χ1v) is 6.15. The quantitative estimate of drug-likeness (QED) is 0.440. The molecule has 0 bridgehead atoms. The fourth-order valence-corrected chi connectivity index (χ4v) is 2.12. The van der Waals surface area contributed by atoms with Crippen LogP contribution >= 0.6 is 0 Å². The Labute approximate surface area is 97.5 Å². The van der Waals surface area contributed by atoms with E-state index in [0.717, 1.165) is 38.8 Å². The van der Waals surface area contributed by atoms with E-state index >= 15 is 0 Å². The van der Waals surface area contributed by atoms with E-state index in [1.807, 2.05) is 4.90 Å². The van der Waals surface area contributed by atoms with Gasteiger partial charge in [0.2, 0.25) is 5.91 Å². The summed E-state index contributed by atoms with van der Waals surface area (Å²) in [7, 11) is 0. The number of hydrogen-bond donors (Lipinski definition) is 3. The Kier molecular flexibility index (Phi) is 5.73. The van der Waals surface area contributed by atoms with Gasteiger partial charge in [0.25, 0.3) is 0 Å². The molecule has 1 rings (SSSR count). The maximum Gasteiger partial charge on any atom is 0.222 e. The van der Waals surface area contributed by atoms with Crippen LogP contribution in [0.4, 0.5) is 0 Å². The molecule has 1 saturated heterocycles. The molecule has 0 aromatic rings. The minimum atomic E-state index is -0.450. The lowest BCUT2D eigenvalue weighted by molar-refractivity contribution is -0.131. The Balaban J connectivity index is 2.06. The summed E-state index contributed by atoms with van der Waals surface area (Å²) in [6, 6.07) is 0.433. The Hall–Kier alpha value is -0.650. The number of rotatable bonds is 6. The topological polar surface area (TPSA) is 84.4 Å². The van der Waals surface area contributed by atoms with Crippen molar-refractivity contribution in [3.63, 3.8) is 0 Å². The first-order valence-electron chi connectivity index (χ1n) is 6.15. The second-order valence-corrected chi connectivity index (χ2v) is 4.52. The van der Waals surface area contributed by atoms with Gasteiger partial charge in [-0.2, -0.15) is 0 Å². The van der Waals surface area contributed by atoms with Crippen molar-refractivity contribution < 1.29 is 4.79 Å². The predicted octanol–water partition coefficient (Wildman–Crippen LogP) is -0.0418. The minimum Gasteiger partial charge on any atom is -0.340 e. The van der Waals surface area contributed by atoms with Gasteiger partial charge < -0.3 is 16.4 Å². The van der Waals surface area contributed by atoms with Crippen LogP contribution in [-0.2, 0) is 4.79 Å². The Morgan fingerprint density at radius 1 is 1.50 bits per heavy atom. The molecule has 0 aromatic heterocycles. The molecule has 1 atom stereocenters. The molecule has 5 N–H and O–H groups in total. The summed E-state index contributed by atoms with van der Waals surface area (Å²) in [5.74, 6) is 0.294. The molecule has 1 aliphatic heterocycles. The number of carbonyl (C=O) groups is 1. The first-order chi connectivity index (χ1) is 7.61. The van der Waals surface area contributed by atoms with Gasteiger partial charge >= 0.3 is 0 Å². The van der Waals surface area contributed by atoms with E-state index in [0.29, 0.717) is 18.4 Å². The lowest BCUT2D eigenvalue weighted by Gasteiger charge is -2.21. The number of nitrogens with one attached hydrogen (secondary N) is 1. The van der Waals surface area contributed by atoms with Gasteiger partial charge in [0.1, 0.15) is 6.29 Å². The van der Waals surface area contributed by atoms with Crippen molar-refractivity contribution in [3.8, 4) is 0 Å². The molecule has 1 heterocycles. The number of nitrogens with zero attached hydrogens (tertiary/aromatic N) is 1. The third-order valence-corrected chi connectivity index (χ3v) is 3.07. The second-order valence-electron chi connectivity index (χ2n) is 4.52. The summed E-state index contributed by atoms with van der Waals surface area (Å²) in [6.45, 7) is 3.84. The van der Waals surface area contributed by atoms with Crippen molar-refractivity contribution in [2.75, 3.05) is 13.1 Å². The van der Waals surface area contributed by atoms with Gasteiger partial charge in [-0.3, -0.25) is 10.1 Å². The summed E-state index contributed by atoms with van der Waals surface area (Å²) in [6.07, 6.45) is 4.34. The monoisotopic (exact) mass is 228 g/mol. The summed E-state index contributed by atoms with van der Waals surface area (Å²) in [4.78, 5) is 13.8. The molecule has 1 aliphatic rings. The molecular formula is C11H24N4O. The highest BCUT2D eigenvalue weighted by atomic mass is 16.2. The maximum atomic E-state index is 11.8. The lowest BCUT2D eigenvalue weighted by Crippen LogP contribution is -2.45. The maximum absolute atomic E-state index is 11.8. The van der Waals surface area contributed by atoms with Crippen LogP contribution in [0.5, 0.6) is 0 Å². The molecule has 94 valence electrons. The van der Waals surface area contributed by atoms with Gasteiger partial charge in [0.15, 0.2) is 0 Å². The molecule has 0 radical (unpaired) electrons. The first kappa shape index (κ1) is 13.4. The minimum absolute atomic E-state index is 0.294. The van der Waals surface area contributed by atoms with E-state index in [4.69, 9.17) is 11.5 Å². The van der Waals surface area contributed by atoms with Gasteiger partial charge in [0, 0.05) is 19.0 Å². The van der Waals surface area contributed by atoms with Crippen molar-refractivity contribution in [1.82, 2.24) is 10.2 Å². The van der Waals surface area contributed by atoms with Crippen molar-refractivity contribution in [3.05, 3.63) is 0 Å². The normalized spacial score (nSPS) is 20.8. The third kappa shape index (κ3) is 4.47. The molecule has 0 saturated carbocycles. The number of nitrogens with two attached hydrogens (primary N) is 2. The van der Waals surface area contributed by atoms with E-state index in [-0.39, 0.29) is 0 Å². The van der Waals surface area contributed by atoms with Crippen molar-refractivity contribution in [1.29, 1.82) is 0 Å². The predicted molar refractivity (Wildman–Crippen MR) is 64.4 cm³/mol. The molecular weight excluding hydrogens is 204 g/mol. The average molecular weight is 228 g/mol. The lowest BCUT2D eigenvalue weighted by atomic mass is 10.2. The van der Waals surface area contributed by atoms with E-state index < -0.39 is 6.29 Å². The van der Waals surface area contributed by atoms with Crippen LogP contribution < -0.4 is 16.8 Å². The van der Waals surface area contributed by atoms with Crippen LogP contribution in [0.25, 0.3) is 0 Å². The molecule has 0 aromatic carbocycles. The Morgan fingerprint density at radius 3 is 2.81 bits per heavy atom. The van der Waals surface area contributed by atoms with Crippen LogP contribution in [0.3, 0.4) is 0 Å². The molecule has 1 amide bonds. The van der Waals surface area contributed by atoms with Crippen molar-refractivity contribution in [2.24, 2.45) is 11.5 Å². The van der Waals surface area contributed by atoms with Crippen LogP contribution in [0.2, 0.25) is 0 Å². The van der Waals surface area contributed by atoms with E-state index in [9.17, 15) is 4.79 Å². The van der Waals surface area contributed by atoms with Crippen LogP contribution in [0.1, 0.15) is 39.0 Å². The van der Waals surface area contributed by atoms with Gasteiger partial charge in [-0.15, -0.1) is 0 Å². The zero-order chi connectivity index (χ0) is 12.0. The second kappa shape index (κ2) is 6.83. The number of hydrogen-bond acceptors (Lipinski definition) is 4. The highest BCUT2D eigenvalue weighted by molar-refractivity contribution is 5.76. The molecule has 1 unspecified atom stereocenters. The zero-order valence-corrected chi connectivity index (χ0v) is 10.1. The van der Waals surface area contributed by atoms with Gasteiger partial charge in [-0.05, 0) is 39.2 Å². The third-order valence-electron chi connectivity index (χ3n) is 3.07. The average Bonchev–Trinajstić information content (AvgIpc) is 2.63. The molecule has 1 fully saturated rings. The number of unbranched alkanes of at least 4 members (excludes halogenated alkanes) is 1. The SMILES string of the molecule is CC1CCCN1C(=O)CCCCNC(N)N. The van der Waals surface area contributed by atoms with Gasteiger partial charge in [0.05, 0.1) is 0 Å². The molecule has 16 heavy (non-hydrogen) atoms. The molecule has 0 spiro atoms. The number of carbonyl (C=O) groups excluding carboxylic acids is 1. The highest BCUT2D eigenvalue weighted by Crippen LogP contribution is 2.17. The van der Waals surface area contributed by atoms with Crippen molar-refractivity contribution in [2.45, 2.75) is 51.4 Å². The van der Waals surface area contributed by atoms with Gasteiger partial charge in [-0.25, -0.2) is 0 Å². The smallest absolute Gasteiger partial charge is 0.222 e. The fraction of sp³-hybridized carbons (Fsp3) is 0.909. The summed E-state index contributed by atoms with van der Waals surface area (Å²) >= 11 is 0. The van der Waals surface area contributed by atoms with E-state index in [2.05, 4.69) is 12.2 Å². The summed E-state index contributed by atoms with van der Waals surface area (Å²) < 4.78 is 0. The van der Waals surface area contributed by atoms with Crippen LogP contribution in [0.15, 0.2) is 0 Å². The molecule has 0 aliphatic carbocycles. The fourth-order valence-electron chi connectivity index (χ4n) is 2.12. The molecule has 5 nitrogen and oxygen atoms in total. The standard InChI is InChI=1S/C11H24N4O/c1-9-5-4-8-15(9)10(16)6-2-3-7-14-11(12)13/h9,11,14H,2-8,12-13H2,1H3. The molecule has 5 heteroatoms.